The second-order valence-corrected chi connectivity index (χ2v) is 6.97. The van der Waals surface area contributed by atoms with Crippen LogP contribution in [0.3, 0.4) is 0 Å². The minimum Gasteiger partial charge on any atom is -0.339 e. The minimum absolute atomic E-state index is 0.0258. The smallest absolute Gasteiger partial charge is 0.240 e. The zero-order chi connectivity index (χ0) is 14.7. The molecule has 1 amide bonds. The Hall–Kier alpha value is -0.750. The first-order valence-corrected chi connectivity index (χ1v) is 8.82. The van der Waals surface area contributed by atoms with Crippen molar-refractivity contribution in [2.45, 2.75) is 12.6 Å². The van der Waals surface area contributed by atoms with Crippen molar-refractivity contribution in [1.29, 1.82) is 0 Å². The Bertz CT molecular complexity index is 482. The standard InChI is InChI=1S/C15H20ClN3OS/c16-13-3-1-12(2-4-13)9-18-5-7-19(8-6-18)15(20)14-10-21-11-17-14/h1-4,14,17H,5-11H2. The molecule has 114 valence electrons. The highest BCUT2D eigenvalue weighted by Crippen LogP contribution is 2.15. The average molecular weight is 326 g/mol. The van der Waals surface area contributed by atoms with Crippen LogP contribution in [0.25, 0.3) is 0 Å². The summed E-state index contributed by atoms with van der Waals surface area (Å²) < 4.78 is 0. The maximum atomic E-state index is 12.3. The average Bonchev–Trinajstić information content (AvgIpc) is 3.04. The normalized spacial score (nSPS) is 23.5. The summed E-state index contributed by atoms with van der Waals surface area (Å²) in [5.41, 5.74) is 1.27. The predicted octanol–water partition coefficient (Wildman–Crippen LogP) is 1.65. The Labute approximate surface area is 134 Å². The van der Waals surface area contributed by atoms with Gasteiger partial charge in [-0.05, 0) is 17.7 Å². The van der Waals surface area contributed by atoms with Gasteiger partial charge in [0, 0.05) is 49.4 Å². The highest BCUT2D eigenvalue weighted by molar-refractivity contribution is 7.99. The van der Waals surface area contributed by atoms with Crippen LogP contribution in [-0.2, 0) is 11.3 Å². The number of rotatable bonds is 3. The molecule has 1 aromatic rings. The summed E-state index contributed by atoms with van der Waals surface area (Å²) in [7, 11) is 0. The third-order valence-electron chi connectivity index (χ3n) is 4.02. The summed E-state index contributed by atoms with van der Waals surface area (Å²) in [5, 5.41) is 4.03. The summed E-state index contributed by atoms with van der Waals surface area (Å²) in [6, 6.07) is 8.03. The second-order valence-electron chi connectivity index (χ2n) is 5.50. The number of thioether (sulfide) groups is 1. The van der Waals surface area contributed by atoms with Crippen molar-refractivity contribution in [3.8, 4) is 0 Å². The maximum absolute atomic E-state index is 12.3. The highest BCUT2D eigenvalue weighted by Gasteiger charge is 2.29. The molecule has 3 rings (SSSR count). The molecule has 6 heteroatoms. The third-order valence-corrected chi connectivity index (χ3v) is 5.21. The fourth-order valence-electron chi connectivity index (χ4n) is 2.75. The molecular formula is C15H20ClN3OS. The van der Waals surface area contributed by atoms with Gasteiger partial charge in [0.1, 0.15) is 0 Å². The molecule has 2 heterocycles. The zero-order valence-electron chi connectivity index (χ0n) is 11.9. The van der Waals surface area contributed by atoms with E-state index in [-0.39, 0.29) is 11.9 Å². The van der Waals surface area contributed by atoms with E-state index in [0.717, 1.165) is 49.4 Å². The van der Waals surface area contributed by atoms with Crippen LogP contribution < -0.4 is 5.32 Å². The van der Waals surface area contributed by atoms with Crippen LogP contribution in [0.4, 0.5) is 0 Å². The van der Waals surface area contributed by atoms with Crippen molar-refractivity contribution < 1.29 is 4.79 Å². The largest absolute Gasteiger partial charge is 0.339 e. The second kappa shape index (κ2) is 7.01. The van der Waals surface area contributed by atoms with Crippen molar-refractivity contribution in [2.75, 3.05) is 37.8 Å². The number of benzene rings is 1. The molecular weight excluding hydrogens is 306 g/mol. The minimum atomic E-state index is 0.0258. The summed E-state index contributed by atoms with van der Waals surface area (Å²) >= 11 is 7.70. The Morgan fingerprint density at radius 3 is 2.57 bits per heavy atom. The van der Waals surface area contributed by atoms with Crippen LogP contribution in [-0.4, -0.2) is 59.6 Å². The summed E-state index contributed by atoms with van der Waals surface area (Å²) in [4.78, 5) is 16.7. The number of carbonyl (C=O) groups excluding carboxylic acids is 1. The molecule has 1 atom stereocenters. The van der Waals surface area contributed by atoms with Gasteiger partial charge >= 0.3 is 0 Å². The molecule has 0 radical (unpaired) electrons. The first kappa shape index (κ1) is 15.2. The molecule has 21 heavy (non-hydrogen) atoms. The molecule has 1 unspecified atom stereocenters. The Kier molecular flexibility index (Phi) is 5.06. The summed E-state index contributed by atoms with van der Waals surface area (Å²) in [5.74, 6) is 2.07. The SMILES string of the molecule is O=C(C1CSCN1)N1CCN(Cc2ccc(Cl)cc2)CC1. The molecule has 2 saturated heterocycles. The van der Waals surface area contributed by atoms with Gasteiger partial charge in [-0.3, -0.25) is 15.0 Å². The lowest BCUT2D eigenvalue weighted by molar-refractivity contribution is -0.134. The predicted molar refractivity (Wildman–Crippen MR) is 87.6 cm³/mol. The number of carbonyl (C=O) groups is 1. The van der Waals surface area contributed by atoms with Gasteiger partial charge in [-0.2, -0.15) is 0 Å². The van der Waals surface area contributed by atoms with E-state index in [9.17, 15) is 4.79 Å². The van der Waals surface area contributed by atoms with E-state index in [0.29, 0.717) is 0 Å². The van der Waals surface area contributed by atoms with Crippen LogP contribution in [0.5, 0.6) is 0 Å². The van der Waals surface area contributed by atoms with Gasteiger partial charge in [-0.1, -0.05) is 23.7 Å². The quantitative estimate of drug-likeness (QED) is 0.916. The van der Waals surface area contributed by atoms with Crippen molar-refractivity contribution in [3.63, 3.8) is 0 Å². The lowest BCUT2D eigenvalue weighted by atomic mass is 10.2. The maximum Gasteiger partial charge on any atom is 0.240 e. The first-order valence-electron chi connectivity index (χ1n) is 7.29. The van der Waals surface area contributed by atoms with Gasteiger partial charge < -0.3 is 4.90 Å². The number of nitrogens with one attached hydrogen (secondary N) is 1. The van der Waals surface area contributed by atoms with Gasteiger partial charge in [-0.25, -0.2) is 0 Å². The van der Waals surface area contributed by atoms with Crippen molar-refractivity contribution >= 4 is 29.3 Å². The van der Waals surface area contributed by atoms with E-state index >= 15 is 0 Å². The number of amides is 1. The lowest BCUT2D eigenvalue weighted by Gasteiger charge is -2.35. The van der Waals surface area contributed by atoms with Crippen LogP contribution in [0.15, 0.2) is 24.3 Å². The van der Waals surface area contributed by atoms with Gasteiger partial charge in [-0.15, -0.1) is 11.8 Å². The molecule has 0 aliphatic carbocycles. The number of hydrogen-bond donors (Lipinski definition) is 1. The molecule has 4 nitrogen and oxygen atoms in total. The molecule has 1 aromatic carbocycles. The topological polar surface area (TPSA) is 35.6 Å². The third kappa shape index (κ3) is 3.92. The lowest BCUT2D eigenvalue weighted by Crippen LogP contribution is -2.53. The molecule has 1 N–H and O–H groups in total. The van der Waals surface area contributed by atoms with E-state index in [1.165, 1.54) is 5.56 Å². The molecule has 0 saturated carbocycles. The Morgan fingerprint density at radius 1 is 1.24 bits per heavy atom. The van der Waals surface area contributed by atoms with E-state index in [4.69, 9.17) is 11.6 Å². The first-order chi connectivity index (χ1) is 10.2. The van der Waals surface area contributed by atoms with E-state index in [2.05, 4.69) is 22.3 Å². The van der Waals surface area contributed by atoms with E-state index in [1.807, 2.05) is 17.0 Å². The number of nitrogens with zero attached hydrogens (tertiary/aromatic N) is 2. The van der Waals surface area contributed by atoms with E-state index in [1.54, 1.807) is 11.8 Å². The summed E-state index contributed by atoms with van der Waals surface area (Å²) in [6.07, 6.45) is 0. The number of halogens is 1. The summed E-state index contributed by atoms with van der Waals surface area (Å²) in [6.45, 7) is 4.46. The fourth-order valence-corrected chi connectivity index (χ4v) is 3.81. The van der Waals surface area contributed by atoms with Gasteiger partial charge in [0.15, 0.2) is 0 Å². The molecule has 2 fully saturated rings. The highest BCUT2D eigenvalue weighted by atomic mass is 35.5. The van der Waals surface area contributed by atoms with Crippen LogP contribution in [0, 0.1) is 0 Å². The van der Waals surface area contributed by atoms with Gasteiger partial charge in [0.2, 0.25) is 5.91 Å². The number of piperazine rings is 1. The van der Waals surface area contributed by atoms with Crippen molar-refractivity contribution in [2.24, 2.45) is 0 Å². The van der Waals surface area contributed by atoms with Gasteiger partial charge in [0.25, 0.3) is 0 Å². The monoisotopic (exact) mass is 325 g/mol. The Balaban J connectivity index is 1.48. The molecule has 2 aliphatic rings. The molecule has 2 aliphatic heterocycles. The van der Waals surface area contributed by atoms with Crippen molar-refractivity contribution in [3.05, 3.63) is 34.9 Å². The fraction of sp³-hybridized carbons (Fsp3) is 0.533. The molecule has 0 spiro atoms. The number of hydrogen-bond acceptors (Lipinski definition) is 4. The van der Waals surface area contributed by atoms with Gasteiger partial charge in [0.05, 0.1) is 6.04 Å². The van der Waals surface area contributed by atoms with Crippen LogP contribution in [0.1, 0.15) is 5.56 Å². The van der Waals surface area contributed by atoms with Crippen LogP contribution in [0.2, 0.25) is 5.02 Å². The zero-order valence-corrected chi connectivity index (χ0v) is 13.5. The molecule has 0 aromatic heterocycles. The Morgan fingerprint density at radius 2 is 1.95 bits per heavy atom. The van der Waals surface area contributed by atoms with Crippen LogP contribution >= 0.6 is 23.4 Å². The van der Waals surface area contributed by atoms with E-state index < -0.39 is 0 Å². The van der Waals surface area contributed by atoms with Crippen molar-refractivity contribution in [1.82, 2.24) is 15.1 Å². The molecule has 0 bridgehead atoms.